The van der Waals surface area contributed by atoms with Gasteiger partial charge >= 0.3 is 0 Å². The van der Waals surface area contributed by atoms with Gasteiger partial charge in [0.1, 0.15) is 22.0 Å². The molecular formula is C19H25N5O4S2. The van der Waals surface area contributed by atoms with Gasteiger partial charge in [-0.15, -0.1) is 0 Å². The second kappa shape index (κ2) is 8.56. The molecule has 2 aliphatic heterocycles. The van der Waals surface area contributed by atoms with Crippen molar-refractivity contribution in [2.75, 3.05) is 26.2 Å². The summed E-state index contributed by atoms with van der Waals surface area (Å²) in [4.78, 5) is 27.1. The number of likely N-dealkylation sites (tertiary alicyclic amines) is 1. The number of nitrogens with one attached hydrogen (secondary N) is 1. The molecule has 2 saturated heterocycles. The zero-order valence-electron chi connectivity index (χ0n) is 16.8. The van der Waals surface area contributed by atoms with Gasteiger partial charge in [-0.2, -0.15) is 13.1 Å². The lowest BCUT2D eigenvalue weighted by Crippen LogP contribution is -2.51. The standard InChI is InChI=1S/C19H25N5O4S2/c1-13(19(26)23-9-2-3-10-23)20-18(25)14-6-5-11-24(12-14)30(27,28)16-8-4-7-15-17(16)22-29-21-15/h4,7-8,13-14H,2-3,5-6,9-12H2,1H3,(H,20,25)/t13-,14-/m1/s1. The summed E-state index contributed by atoms with van der Waals surface area (Å²) in [6.45, 7) is 3.58. The maximum atomic E-state index is 13.2. The van der Waals surface area contributed by atoms with Crippen LogP contribution in [0.15, 0.2) is 23.1 Å². The summed E-state index contributed by atoms with van der Waals surface area (Å²) >= 11 is 0.972. The Labute approximate surface area is 179 Å². The third-order valence-electron chi connectivity index (χ3n) is 5.77. The van der Waals surface area contributed by atoms with Gasteiger partial charge in [0.05, 0.1) is 17.6 Å². The third-order valence-corrected chi connectivity index (χ3v) is 8.21. The minimum atomic E-state index is -3.80. The van der Waals surface area contributed by atoms with E-state index in [2.05, 4.69) is 14.1 Å². The van der Waals surface area contributed by atoms with Crippen LogP contribution in [0, 0.1) is 5.92 Å². The second-order valence-corrected chi connectivity index (χ2v) is 10.3. The van der Waals surface area contributed by atoms with Crippen molar-refractivity contribution >= 4 is 44.6 Å². The molecule has 2 fully saturated rings. The van der Waals surface area contributed by atoms with Crippen molar-refractivity contribution in [3.8, 4) is 0 Å². The van der Waals surface area contributed by atoms with Gasteiger partial charge < -0.3 is 10.2 Å². The SMILES string of the molecule is C[C@@H](NC(=O)[C@@H]1CCCN(S(=O)(=O)c2cccc3nsnc23)C1)C(=O)N1CCCC1. The summed E-state index contributed by atoms with van der Waals surface area (Å²) in [5.74, 6) is -0.845. The predicted molar refractivity (Wildman–Crippen MR) is 112 cm³/mol. The van der Waals surface area contributed by atoms with Gasteiger partial charge in [0.15, 0.2) is 0 Å². The fourth-order valence-corrected chi connectivity index (χ4v) is 6.38. The number of carbonyl (C=O) groups is 2. The Kier molecular flexibility index (Phi) is 6.03. The van der Waals surface area contributed by atoms with E-state index in [1.165, 1.54) is 10.4 Å². The molecule has 3 heterocycles. The first-order valence-corrected chi connectivity index (χ1v) is 12.4. The van der Waals surface area contributed by atoms with Crippen molar-refractivity contribution in [1.82, 2.24) is 23.3 Å². The van der Waals surface area contributed by atoms with Crippen molar-refractivity contribution in [2.24, 2.45) is 5.92 Å². The summed E-state index contributed by atoms with van der Waals surface area (Å²) in [6, 6.07) is 4.29. The molecular weight excluding hydrogens is 426 g/mol. The third kappa shape index (κ3) is 4.06. The van der Waals surface area contributed by atoms with Crippen LogP contribution in [0.2, 0.25) is 0 Å². The molecule has 162 valence electrons. The topological polar surface area (TPSA) is 113 Å². The number of hydrogen-bond donors (Lipinski definition) is 1. The van der Waals surface area contributed by atoms with Gasteiger partial charge in [0, 0.05) is 26.2 Å². The first-order valence-electron chi connectivity index (χ1n) is 10.2. The number of aromatic nitrogens is 2. The van der Waals surface area contributed by atoms with E-state index in [1.807, 2.05) is 0 Å². The van der Waals surface area contributed by atoms with Crippen LogP contribution in [0.4, 0.5) is 0 Å². The highest BCUT2D eigenvalue weighted by atomic mass is 32.2. The van der Waals surface area contributed by atoms with Crippen molar-refractivity contribution in [1.29, 1.82) is 0 Å². The molecule has 4 rings (SSSR count). The maximum Gasteiger partial charge on any atom is 0.245 e. The molecule has 2 aliphatic rings. The summed E-state index contributed by atoms with van der Waals surface area (Å²) in [5.41, 5.74) is 0.903. The molecule has 2 atom stereocenters. The number of piperidine rings is 1. The lowest BCUT2D eigenvalue weighted by atomic mass is 9.98. The molecule has 0 saturated carbocycles. The van der Waals surface area contributed by atoms with E-state index in [0.717, 1.165) is 37.7 Å². The van der Waals surface area contributed by atoms with E-state index in [-0.39, 0.29) is 23.3 Å². The van der Waals surface area contributed by atoms with E-state index in [1.54, 1.807) is 24.0 Å². The summed E-state index contributed by atoms with van der Waals surface area (Å²) in [6.07, 6.45) is 3.15. The van der Waals surface area contributed by atoms with Crippen molar-refractivity contribution < 1.29 is 18.0 Å². The maximum absolute atomic E-state index is 13.2. The molecule has 0 aliphatic carbocycles. The first-order chi connectivity index (χ1) is 14.4. The van der Waals surface area contributed by atoms with E-state index in [9.17, 15) is 18.0 Å². The molecule has 11 heteroatoms. The second-order valence-electron chi connectivity index (χ2n) is 7.85. The fraction of sp³-hybridized carbons (Fsp3) is 0.579. The number of amides is 2. The molecule has 1 N–H and O–H groups in total. The summed E-state index contributed by atoms with van der Waals surface area (Å²) in [7, 11) is -3.80. The molecule has 0 unspecified atom stereocenters. The fourth-order valence-electron chi connectivity index (χ4n) is 4.11. The Morgan fingerprint density at radius 2 is 1.93 bits per heavy atom. The highest BCUT2D eigenvalue weighted by molar-refractivity contribution is 7.89. The van der Waals surface area contributed by atoms with E-state index < -0.39 is 22.0 Å². The Morgan fingerprint density at radius 3 is 2.70 bits per heavy atom. The van der Waals surface area contributed by atoms with Crippen molar-refractivity contribution in [3.63, 3.8) is 0 Å². The molecule has 0 spiro atoms. The highest BCUT2D eigenvalue weighted by Gasteiger charge is 2.35. The zero-order chi connectivity index (χ0) is 21.3. The first kappa shape index (κ1) is 21.1. The van der Waals surface area contributed by atoms with Crippen LogP contribution in [-0.4, -0.2) is 70.4 Å². The van der Waals surface area contributed by atoms with Gasteiger partial charge in [0.2, 0.25) is 21.8 Å². The Morgan fingerprint density at radius 1 is 1.17 bits per heavy atom. The number of hydrogen-bond acceptors (Lipinski definition) is 7. The van der Waals surface area contributed by atoms with Crippen LogP contribution in [0.25, 0.3) is 11.0 Å². The van der Waals surface area contributed by atoms with E-state index in [0.29, 0.717) is 30.4 Å². The quantitative estimate of drug-likeness (QED) is 0.731. The van der Waals surface area contributed by atoms with Gasteiger partial charge in [0.25, 0.3) is 0 Å². The lowest BCUT2D eigenvalue weighted by Gasteiger charge is -2.32. The predicted octanol–water partition coefficient (Wildman–Crippen LogP) is 1.22. The molecule has 30 heavy (non-hydrogen) atoms. The average Bonchev–Trinajstić information content (AvgIpc) is 3.44. The van der Waals surface area contributed by atoms with Gasteiger partial charge in [-0.3, -0.25) is 9.59 Å². The zero-order valence-corrected chi connectivity index (χ0v) is 18.4. The van der Waals surface area contributed by atoms with Crippen LogP contribution < -0.4 is 5.32 Å². The molecule has 2 amide bonds. The normalized spacial score (nSPS) is 21.6. The molecule has 9 nitrogen and oxygen atoms in total. The van der Waals surface area contributed by atoms with Crippen LogP contribution in [0.3, 0.4) is 0 Å². The van der Waals surface area contributed by atoms with Gasteiger partial charge in [-0.25, -0.2) is 8.42 Å². The average molecular weight is 452 g/mol. The van der Waals surface area contributed by atoms with Crippen LogP contribution in [-0.2, 0) is 19.6 Å². The number of carbonyl (C=O) groups excluding carboxylic acids is 2. The van der Waals surface area contributed by atoms with Crippen LogP contribution >= 0.6 is 11.7 Å². The largest absolute Gasteiger partial charge is 0.344 e. The smallest absolute Gasteiger partial charge is 0.245 e. The Hall–Kier alpha value is -2.11. The van der Waals surface area contributed by atoms with Crippen LogP contribution in [0.1, 0.15) is 32.6 Å². The summed E-state index contributed by atoms with van der Waals surface area (Å²) < 4.78 is 36.1. The van der Waals surface area contributed by atoms with Crippen LogP contribution in [0.5, 0.6) is 0 Å². The summed E-state index contributed by atoms with van der Waals surface area (Å²) in [5, 5.41) is 2.79. The number of benzene rings is 1. The molecule has 1 aromatic carbocycles. The number of rotatable bonds is 5. The Bertz CT molecular complexity index is 1050. The minimum absolute atomic E-state index is 0.0798. The molecule has 2 aromatic rings. The number of fused-ring (bicyclic) bond motifs is 1. The number of nitrogens with zero attached hydrogens (tertiary/aromatic N) is 4. The van der Waals surface area contributed by atoms with Crippen molar-refractivity contribution in [2.45, 2.75) is 43.5 Å². The molecule has 0 radical (unpaired) electrons. The highest BCUT2D eigenvalue weighted by Crippen LogP contribution is 2.28. The minimum Gasteiger partial charge on any atom is -0.344 e. The monoisotopic (exact) mass is 451 g/mol. The molecule has 1 aromatic heterocycles. The van der Waals surface area contributed by atoms with E-state index >= 15 is 0 Å². The van der Waals surface area contributed by atoms with Crippen molar-refractivity contribution in [3.05, 3.63) is 18.2 Å². The molecule has 0 bridgehead atoms. The van der Waals surface area contributed by atoms with Gasteiger partial charge in [-0.05, 0) is 44.7 Å². The van der Waals surface area contributed by atoms with E-state index in [4.69, 9.17) is 0 Å². The van der Waals surface area contributed by atoms with Gasteiger partial charge in [-0.1, -0.05) is 6.07 Å². The lowest BCUT2D eigenvalue weighted by molar-refractivity contribution is -0.136. The number of sulfonamides is 1. The Balaban J connectivity index is 1.45.